The molecule has 1 unspecified atom stereocenters. The molecule has 11 nitrogen and oxygen atoms in total. The average Bonchev–Trinajstić information content (AvgIpc) is 3.93. The zero-order valence-electron chi connectivity index (χ0n) is 26.7. The molecule has 1 atom stereocenters. The Balaban J connectivity index is 0.000000825. The number of epoxide rings is 1. The second-order valence-corrected chi connectivity index (χ2v) is 9.25. The van der Waals surface area contributed by atoms with Gasteiger partial charge in [0, 0.05) is 20.3 Å². The lowest BCUT2D eigenvalue weighted by Crippen LogP contribution is -2.12. The molecule has 0 N–H and O–H groups in total. The van der Waals surface area contributed by atoms with Crippen LogP contribution in [0.2, 0.25) is 0 Å². The van der Waals surface area contributed by atoms with Crippen molar-refractivity contribution in [3.8, 4) is 11.5 Å². The van der Waals surface area contributed by atoms with Gasteiger partial charge in [-0.25, -0.2) is 19.2 Å². The summed E-state index contributed by atoms with van der Waals surface area (Å²) in [5.41, 5.74) is 1.03. The third-order valence-electron chi connectivity index (χ3n) is 5.86. The summed E-state index contributed by atoms with van der Waals surface area (Å²) in [5, 5.41) is 0. The van der Waals surface area contributed by atoms with Gasteiger partial charge in [0.2, 0.25) is 0 Å². The predicted molar refractivity (Wildman–Crippen MR) is 169 cm³/mol. The number of carbonyl (C=O) groups excluding carboxylic acids is 4. The van der Waals surface area contributed by atoms with E-state index in [1.807, 2.05) is 32.9 Å². The Morgan fingerprint density at radius 3 is 1.37 bits per heavy atom. The number of carbonyl (C=O) groups is 4. The zero-order valence-corrected chi connectivity index (χ0v) is 26.7. The SMILES string of the molecule is C/C=C\C.CCOC.CCOCOC(=O)c1ccc(OC(=O)c2ccc(C(=O)Oc3ccc(C(=O)OCC4CO4)cc3)cc2)cc1. The zero-order chi connectivity index (χ0) is 33.7. The molecule has 46 heavy (non-hydrogen) atoms. The normalized spacial score (nSPS) is 12.8. The first-order valence-electron chi connectivity index (χ1n) is 14.6. The first-order chi connectivity index (χ1) is 22.3. The molecule has 0 spiro atoms. The van der Waals surface area contributed by atoms with E-state index in [1.165, 1.54) is 72.8 Å². The molecule has 3 aromatic carbocycles. The van der Waals surface area contributed by atoms with Crippen molar-refractivity contribution in [2.45, 2.75) is 33.8 Å². The van der Waals surface area contributed by atoms with Crippen LogP contribution >= 0.6 is 0 Å². The number of benzene rings is 3. The highest BCUT2D eigenvalue weighted by Crippen LogP contribution is 2.18. The van der Waals surface area contributed by atoms with Crippen LogP contribution in [0.5, 0.6) is 11.5 Å². The number of esters is 4. The fourth-order valence-electron chi connectivity index (χ4n) is 3.07. The largest absolute Gasteiger partial charge is 0.459 e. The quantitative estimate of drug-likeness (QED) is 0.0572. The minimum absolute atomic E-state index is 0.0254. The highest BCUT2D eigenvalue weighted by molar-refractivity contribution is 5.95. The number of methoxy groups -OCH3 is 1. The van der Waals surface area contributed by atoms with Crippen LogP contribution in [-0.2, 0) is 23.7 Å². The molecule has 11 heteroatoms. The van der Waals surface area contributed by atoms with Crippen LogP contribution in [0.1, 0.15) is 69.1 Å². The van der Waals surface area contributed by atoms with E-state index in [-0.39, 0.29) is 47.7 Å². The topological polar surface area (TPSA) is 136 Å². The standard InChI is InChI=1S/C28H24O10.C4H8.C3H8O/c1-2-33-17-36-26(30)19-9-13-23(14-10-19)38-28(32)21-5-3-20(4-6-21)27(31)37-22-11-7-18(8-12-22)25(29)35-16-24-15-34-24;2*1-3-4-2/h3-14,24H,2,15-17H2,1H3;3-4H,1-2H3;3H2,1-2H3/b;4-3-;. The van der Waals surface area contributed by atoms with E-state index in [4.69, 9.17) is 28.4 Å². The number of ether oxygens (including phenoxy) is 7. The molecule has 1 fully saturated rings. The fourth-order valence-corrected chi connectivity index (χ4v) is 3.07. The molecular formula is C35H40O11. The van der Waals surface area contributed by atoms with E-state index in [0.717, 1.165) is 6.61 Å². The number of allylic oxidation sites excluding steroid dienone is 2. The Bertz CT molecular complexity index is 1390. The van der Waals surface area contributed by atoms with Crippen LogP contribution in [0.15, 0.2) is 84.9 Å². The summed E-state index contributed by atoms with van der Waals surface area (Å²) in [5.74, 6) is -1.86. The van der Waals surface area contributed by atoms with Crippen LogP contribution < -0.4 is 9.47 Å². The second kappa shape index (κ2) is 21.0. The lowest BCUT2D eigenvalue weighted by atomic mass is 10.1. The average molecular weight is 637 g/mol. The monoisotopic (exact) mass is 636 g/mol. The molecule has 0 radical (unpaired) electrons. The highest BCUT2D eigenvalue weighted by Gasteiger charge is 2.24. The van der Waals surface area contributed by atoms with E-state index in [2.05, 4.69) is 4.74 Å². The molecule has 0 amide bonds. The van der Waals surface area contributed by atoms with Crippen LogP contribution in [0, 0.1) is 0 Å². The van der Waals surface area contributed by atoms with Crippen molar-refractivity contribution in [1.29, 1.82) is 0 Å². The van der Waals surface area contributed by atoms with Gasteiger partial charge in [0.15, 0.2) is 6.79 Å². The molecule has 0 aliphatic carbocycles. The Labute approximate surface area is 269 Å². The van der Waals surface area contributed by atoms with Crippen LogP contribution in [-0.4, -0.2) is 70.3 Å². The second-order valence-electron chi connectivity index (χ2n) is 9.25. The highest BCUT2D eigenvalue weighted by atomic mass is 16.7. The van der Waals surface area contributed by atoms with Crippen molar-refractivity contribution < 1.29 is 52.3 Å². The van der Waals surface area contributed by atoms with Crippen LogP contribution in [0.4, 0.5) is 0 Å². The van der Waals surface area contributed by atoms with Gasteiger partial charge in [0.25, 0.3) is 0 Å². The van der Waals surface area contributed by atoms with Crippen LogP contribution in [0.25, 0.3) is 0 Å². The van der Waals surface area contributed by atoms with E-state index >= 15 is 0 Å². The van der Waals surface area contributed by atoms with Gasteiger partial charge >= 0.3 is 23.9 Å². The van der Waals surface area contributed by atoms with E-state index in [1.54, 1.807) is 14.0 Å². The maximum Gasteiger partial charge on any atom is 0.343 e. The van der Waals surface area contributed by atoms with Gasteiger partial charge in [-0.05, 0) is 100 Å². The lowest BCUT2D eigenvalue weighted by Gasteiger charge is -2.08. The third-order valence-corrected chi connectivity index (χ3v) is 5.86. The maximum atomic E-state index is 12.5. The summed E-state index contributed by atoms with van der Waals surface area (Å²) in [7, 11) is 1.68. The third kappa shape index (κ3) is 13.9. The molecule has 0 saturated carbocycles. The molecule has 3 aromatic rings. The molecular weight excluding hydrogens is 596 g/mol. The van der Waals surface area contributed by atoms with E-state index < -0.39 is 23.9 Å². The van der Waals surface area contributed by atoms with Crippen molar-refractivity contribution in [2.75, 3.05) is 40.3 Å². The van der Waals surface area contributed by atoms with Gasteiger partial charge in [0.05, 0.1) is 28.9 Å². The Hall–Kier alpha value is -4.84. The van der Waals surface area contributed by atoms with Gasteiger partial charge in [-0.3, -0.25) is 0 Å². The number of rotatable bonds is 12. The Morgan fingerprint density at radius 1 is 0.652 bits per heavy atom. The maximum absolute atomic E-state index is 12.5. The number of hydrogen-bond acceptors (Lipinski definition) is 11. The first-order valence-corrected chi connectivity index (χ1v) is 14.6. The molecule has 1 aliphatic rings. The molecule has 1 heterocycles. The molecule has 246 valence electrons. The summed E-state index contributed by atoms with van der Waals surface area (Å²) in [4.78, 5) is 48.8. The molecule has 1 saturated heterocycles. The van der Waals surface area contributed by atoms with Crippen molar-refractivity contribution in [1.82, 2.24) is 0 Å². The van der Waals surface area contributed by atoms with Gasteiger partial charge in [-0.15, -0.1) is 0 Å². The van der Waals surface area contributed by atoms with Gasteiger partial charge < -0.3 is 33.2 Å². The Morgan fingerprint density at radius 2 is 1.02 bits per heavy atom. The Kier molecular flexibility index (Phi) is 17.0. The van der Waals surface area contributed by atoms with Gasteiger partial charge in [0.1, 0.15) is 24.2 Å². The van der Waals surface area contributed by atoms with Gasteiger partial charge in [-0.2, -0.15) is 0 Å². The van der Waals surface area contributed by atoms with Crippen molar-refractivity contribution in [2.24, 2.45) is 0 Å². The molecule has 1 aliphatic heterocycles. The fraction of sp³-hybridized carbons (Fsp3) is 0.314. The smallest absolute Gasteiger partial charge is 0.343 e. The lowest BCUT2D eigenvalue weighted by molar-refractivity contribution is -0.0274. The first kappa shape index (κ1) is 37.3. The summed E-state index contributed by atoms with van der Waals surface area (Å²) in [6.45, 7) is 9.64. The molecule has 0 bridgehead atoms. The number of hydrogen-bond donors (Lipinski definition) is 0. The van der Waals surface area contributed by atoms with E-state index in [0.29, 0.717) is 18.8 Å². The predicted octanol–water partition coefficient (Wildman–Crippen LogP) is 6.07. The molecule has 4 rings (SSSR count). The summed E-state index contributed by atoms with van der Waals surface area (Å²) < 4.78 is 35.2. The van der Waals surface area contributed by atoms with Crippen molar-refractivity contribution in [3.63, 3.8) is 0 Å². The summed E-state index contributed by atoms with van der Waals surface area (Å²) >= 11 is 0. The van der Waals surface area contributed by atoms with Crippen LogP contribution in [0.3, 0.4) is 0 Å². The summed E-state index contributed by atoms with van der Waals surface area (Å²) in [6, 6.07) is 17.5. The van der Waals surface area contributed by atoms with Crippen molar-refractivity contribution >= 4 is 23.9 Å². The summed E-state index contributed by atoms with van der Waals surface area (Å²) in [6.07, 6.45) is 3.97. The van der Waals surface area contributed by atoms with Crippen molar-refractivity contribution in [3.05, 3.63) is 107 Å². The van der Waals surface area contributed by atoms with Gasteiger partial charge in [-0.1, -0.05) is 12.2 Å². The minimum atomic E-state index is -0.646. The molecule has 0 aromatic heterocycles. The van der Waals surface area contributed by atoms with E-state index in [9.17, 15) is 19.2 Å². The minimum Gasteiger partial charge on any atom is -0.459 e.